The Morgan fingerprint density at radius 1 is 1.50 bits per heavy atom. The number of carbonyl (C=O) groups is 2. The smallest absolute Gasteiger partial charge is 0.410 e. The minimum absolute atomic E-state index is 0.0629. The van der Waals surface area contributed by atoms with Crippen molar-refractivity contribution in [2.45, 2.75) is 18.9 Å². The molecule has 0 radical (unpaired) electrons. The van der Waals surface area contributed by atoms with Gasteiger partial charge in [-0.2, -0.15) is 5.10 Å². The van der Waals surface area contributed by atoms with Gasteiger partial charge in [-0.1, -0.05) is 12.7 Å². The molecule has 2 rings (SSSR count). The fraction of sp³-hybridized carbons (Fsp3) is 0.500. The molecule has 1 aromatic heterocycles. The molecule has 0 unspecified atom stereocenters. The molecule has 1 N–H and O–H groups in total. The van der Waals surface area contributed by atoms with Crippen molar-refractivity contribution in [2.24, 2.45) is 0 Å². The van der Waals surface area contributed by atoms with Crippen LogP contribution in [0.3, 0.4) is 0 Å². The molecule has 2 heterocycles. The normalized spacial score (nSPS) is 15.9. The molecule has 1 aliphatic heterocycles. The van der Waals surface area contributed by atoms with Crippen LogP contribution in [0, 0.1) is 0 Å². The van der Waals surface area contributed by atoms with Crippen molar-refractivity contribution in [3.63, 3.8) is 0 Å². The summed E-state index contributed by atoms with van der Waals surface area (Å²) < 4.78 is 6.37. The summed E-state index contributed by atoms with van der Waals surface area (Å²) in [6, 6.07) is -0.0629. The highest BCUT2D eigenvalue weighted by atomic mass is 16.6. The second kappa shape index (κ2) is 6.18. The van der Waals surface area contributed by atoms with Gasteiger partial charge in [0.05, 0.1) is 6.04 Å². The Balaban J connectivity index is 1.94. The number of ether oxygens (including phenoxy) is 1. The van der Waals surface area contributed by atoms with Crippen LogP contribution in [0.1, 0.15) is 29.5 Å². The van der Waals surface area contributed by atoms with Gasteiger partial charge < -0.3 is 14.7 Å². The monoisotopic (exact) mass is 280 g/mol. The van der Waals surface area contributed by atoms with Gasteiger partial charge >= 0.3 is 12.1 Å². The summed E-state index contributed by atoms with van der Waals surface area (Å²) in [4.78, 5) is 28.0. The molecule has 20 heavy (non-hydrogen) atoms. The summed E-state index contributed by atoms with van der Waals surface area (Å²) in [5, 5.41) is 13.0. The Morgan fingerprint density at radius 3 is 2.80 bits per heavy atom. The standard InChI is InChI=1S/C12H16N4O4/c1-2-7-20-12(19)15-5-3-9(4-6-15)16-10(11(17)18)13-8-14-16/h2,8-9H,1,3-7H2,(H,17,18). The van der Waals surface area contributed by atoms with E-state index in [4.69, 9.17) is 9.84 Å². The first-order chi connectivity index (χ1) is 9.63. The zero-order chi connectivity index (χ0) is 14.5. The number of nitrogens with zero attached hydrogens (tertiary/aromatic N) is 4. The van der Waals surface area contributed by atoms with E-state index in [0.29, 0.717) is 25.9 Å². The number of amides is 1. The van der Waals surface area contributed by atoms with Crippen LogP contribution in [0.5, 0.6) is 0 Å². The largest absolute Gasteiger partial charge is 0.475 e. The predicted octanol–water partition coefficient (Wildman–Crippen LogP) is 0.936. The van der Waals surface area contributed by atoms with Gasteiger partial charge in [-0.3, -0.25) is 0 Å². The maximum absolute atomic E-state index is 11.7. The van der Waals surface area contributed by atoms with E-state index in [0.717, 1.165) is 0 Å². The number of carboxylic acid groups (broad SMARTS) is 1. The average Bonchev–Trinajstić information content (AvgIpc) is 2.94. The Hall–Kier alpha value is -2.38. The van der Waals surface area contributed by atoms with Crippen LogP contribution in [0.15, 0.2) is 19.0 Å². The first kappa shape index (κ1) is 14.0. The zero-order valence-electron chi connectivity index (χ0n) is 10.9. The number of carboxylic acids is 1. The number of hydrogen-bond acceptors (Lipinski definition) is 5. The molecule has 8 heteroatoms. The zero-order valence-corrected chi connectivity index (χ0v) is 10.9. The molecule has 1 saturated heterocycles. The molecule has 8 nitrogen and oxygen atoms in total. The first-order valence-electron chi connectivity index (χ1n) is 6.29. The molecular weight excluding hydrogens is 264 g/mol. The van der Waals surface area contributed by atoms with Crippen molar-refractivity contribution in [1.82, 2.24) is 19.7 Å². The molecule has 0 aromatic carbocycles. The summed E-state index contributed by atoms with van der Waals surface area (Å²) in [6.45, 7) is 4.66. The Bertz CT molecular complexity index is 505. The maximum Gasteiger partial charge on any atom is 0.410 e. The number of piperidine rings is 1. The number of rotatable bonds is 4. The third kappa shape index (κ3) is 2.95. The van der Waals surface area contributed by atoms with Gasteiger partial charge in [0.2, 0.25) is 5.82 Å². The fourth-order valence-corrected chi connectivity index (χ4v) is 2.18. The van der Waals surface area contributed by atoms with Gasteiger partial charge in [-0.05, 0) is 12.8 Å². The van der Waals surface area contributed by atoms with E-state index in [1.807, 2.05) is 0 Å². The SMILES string of the molecule is C=CCOC(=O)N1CCC(n2ncnc2C(=O)O)CC1. The average molecular weight is 280 g/mol. The lowest BCUT2D eigenvalue weighted by Crippen LogP contribution is -2.40. The van der Waals surface area contributed by atoms with Gasteiger partial charge in [-0.15, -0.1) is 0 Å². The molecule has 1 aromatic rings. The molecule has 1 fully saturated rings. The van der Waals surface area contributed by atoms with Crippen LogP contribution in [0.4, 0.5) is 4.79 Å². The lowest BCUT2D eigenvalue weighted by Gasteiger charge is -2.31. The van der Waals surface area contributed by atoms with Gasteiger partial charge in [0.25, 0.3) is 0 Å². The van der Waals surface area contributed by atoms with E-state index in [1.165, 1.54) is 17.1 Å². The lowest BCUT2D eigenvalue weighted by molar-refractivity contribution is 0.0661. The second-order valence-electron chi connectivity index (χ2n) is 4.42. The van der Waals surface area contributed by atoms with E-state index < -0.39 is 5.97 Å². The summed E-state index contributed by atoms with van der Waals surface area (Å²) in [7, 11) is 0. The molecule has 0 atom stereocenters. The third-order valence-corrected chi connectivity index (χ3v) is 3.16. The molecule has 0 spiro atoms. The van der Waals surface area contributed by atoms with Crippen molar-refractivity contribution in [1.29, 1.82) is 0 Å². The van der Waals surface area contributed by atoms with Crippen molar-refractivity contribution in [2.75, 3.05) is 19.7 Å². The van der Waals surface area contributed by atoms with Gasteiger partial charge in [-0.25, -0.2) is 19.3 Å². The van der Waals surface area contributed by atoms with Gasteiger partial charge in [0.1, 0.15) is 12.9 Å². The number of hydrogen-bond donors (Lipinski definition) is 1. The quantitative estimate of drug-likeness (QED) is 0.824. The fourth-order valence-electron chi connectivity index (χ4n) is 2.18. The minimum Gasteiger partial charge on any atom is -0.475 e. The maximum atomic E-state index is 11.7. The predicted molar refractivity (Wildman–Crippen MR) is 68.4 cm³/mol. The van der Waals surface area contributed by atoms with E-state index >= 15 is 0 Å². The molecule has 0 aliphatic carbocycles. The second-order valence-corrected chi connectivity index (χ2v) is 4.42. The number of likely N-dealkylation sites (tertiary alicyclic amines) is 1. The van der Waals surface area contributed by atoms with Crippen molar-refractivity contribution < 1.29 is 19.4 Å². The summed E-state index contributed by atoms with van der Waals surface area (Å²) in [5.74, 6) is -1.17. The highest BCUT2D eigenvalue weighted by Gasteiger charge is 2.27. The van der Waals surface area contributed by atoms with Crippen molar-refractivity contribution in [3.8, 4) is 0 Å². The first-order valence-corrected chi connectivity index (χ1v) is 6.29. The highest BCUT2D eigenvalue weighted by Crippen LogP contribution is 2.23. The molecule has 1 aliphatic rings. The van der Waals surface area contributed by atoms with Crippen LogP contribution >= 0.6 is 0 Å². The third-order valence-electron chi connectivity index (χ3n) is 3.16. The van der Waals surface area contributed by atoms with Crippen molar-refractivity contribution >= 4 is 12.1 Å². The van der Waals surface area contributed by atoms with Gasteiger partial charge in [0, 0.05) is 13.1 Å². The van der Waals surface area contributed by atoms with Gasteiger partial charge in [0.15, 0.2) is 0 Å². The van der Waals surface area contributed by atoms with Crippen LogP contribution in [-0.4, -0.2) is 56.5 Å². The molecular formula is C12H16N4O4. The highest BCUT2D eigenvalue weighted by molar-refractivity contribution is 5.83. The minimum atomic E-state index is -1.10. The number of aromatic nitrogens is 3. The van der Waals surface area contributed by atoms with E-state index in [2.05, 4.69) is 16.7 Å². The van der Waals surface area contributed by atoms with Crippen LogP contribution in [0.2, 0.25) is 0 Å². The summed E-state index contributed by atoms with van der Waals surface area (Å²) in [6.07, 6.45) is 3.60. The van der Waals surface area contributed by atoms with Crippen LogP contribution in [-0.2, 0) is 4.74 Å². The topological polar surface area (TPSA) is 97.5 Å². The van der Waals surface area contributed by atoms with E-state index in [9.17, 15) is 9.59 Å². The van der Waals surface area contributed by atoms with E-state index in [1.54, 1.807) is 4.90 Å². The number of carbonyl (C=O) groups excluding carboxylic acids is 1. The molecule has 0 saturated carbocycles. The Labute approximate surface area is 115 Å². The van der Waals surface area contributed by atoms with E-state index in [-0.39, 0.29) is 24.6 Å². The summed E-state index contributed by atoms with van der Waals surface area (Å²) in [5.41, 5.74) is 0. The lowest BCUT2D eigenvalue weighted by atomic mass is 10.1. The Morgan fingerprint density at radius 2 is 2.20 bits per heavy atom. The molecule has 108 valence electrons. The summed E-state index contributed by atoms with van der Waals surface area (Å²) >= 11 is 0. The van der Waals surface area contributed by atoms with Crippen molar-refractivity contribution in [3.05, 3.63) is 24.8 Å². The number of aromatic carboxylic acids is 1. The van der Waals surface area contributed by atoms with Crippen LogP contribution in [0.25, 0.3) is 0 Å². The molecule has 0 bridgehead atoms. The molecule has 1 amide bonds. The Kier molecular flexibility index (Phi) is 4.34. The van der Waals surface area contributed by atoms with Crippen LogP contribution < -0.4 is 0 Å².